The summed E-state index contributed by atoms with van der Waals surface area (Å²) in [7, 11) is 0. The number of nitrogens with zero attached hydrogens (tertiary/aromatic N) is 5. The highest BCUT2D eigenvalue weighted by Gasteiger charge is 2.20. The number of aliphatic imine (C=N–C) groups is 1. The van der Waals surface area contributed by atoms with Crippen LogP contribution >= 0.6 is 24.0 Å². The zero-order valence-electron chi connectivity index (χ0n) is 13.2. The number of amides is 1. The molecule has 0 saturated carbocycles. The maximum absolute atomic E-state index is 11.4. The van der Waals surface area contributed by atoms with Gasteiger partial charge in [-0.2, -0.15) is 0 Å². The number of carbonyl (C=O) groups excluding carboxylic acids is 1. The number of rotatable bonds is 4. The molecule has 1 aliphatic rings. The Bertz CT molecular complexity index is 468. The van der Waals surface area contributed by atoms with Crippen molar-refractivity contribution in [2.24, 2.45) is 4.99 Å². The average Bonchev–Trinajstić information content (AvgIpc) is 3.00. The maximum atomic E-state index is 11.4. The summed E-state index contributed by atoms with van der Waals surface area (Å²) in [5.41, 5.74) is 0. The van der Waals surface area contributed by atoms with E-state index in [2.05, 4.69) is 27.1 Å². The van der Waals surface area contributed by atoms with Gasteiger partial charge in [-0.15, -0.1) is 24.0 Å². The van der Waals surface area contributed by atoms with E-state index < -0.39 is 0 Å². The second kappa shape index (κ2) is 9.65. The highest BCUT2D eigenvalue weighted by molar-refractivity contribution is 14.0. The first-order valence-corrected chi connectivity index (χ1v) is 7.45. The molecule has 0 unspecified atom stereocenters. The van der Waals surface area contributed by atoms with E-state index in [9.17, 15) is 4.79 Å². The summed E-state index contributed by atoms with van der Waals surface area (Å²) < 4.78 is 2.01. The summed E-state index contributed by atoms with van der Waals surface area (Å²) in [6.45, 7) is 9.26. The predicted octanol–water partition coefficient (Wildman–Crippen LogP) is 0.631. The Morgan fingerprint density at radius 2 is 1.95 bits per heavy atom. The van der Waals surface area contributed by atoms with Gasteiger partial charge in [0.05, 0.1) is 12.9 Å². The van der Waals surface area contributed by atoms with Crippen LogP contribution in [0, 0.1) is 0 Å². The number of piperazine rings is 1. The molecule has 7 nitrogen and oxygen atoms in total. The molecular weight excluding hydrogens is 395 g/mol. The molecule has 1 amide bonds. The van der Waals surface area contributed by atoms with Gasteiger partial charge in [0.15, 0.2) is 5.96 Å². The van der Waals surface area contributed by atoms with E-state index in [4.69, 9.17) is 0 Å². The molecule has 0 bridgehead atoms. The standard InChI is InChI=1S/C14H24N6O.HI/c1-3-16-14(17-5-7-18-6-4-15-12-18)20-10-8-19(9-11-20)13(2)21;/h4,6,12H,3,5,7-11H2,1-2H3,(H,16,17);1H. The molecule has 2 rings (SSSR count). The number of hydrogen-bond acceptors (Lipinski definition) is 3. The van der Waals surface area contributed by atoms with Crippen LogP contribution in [0.5, 0.6) is 0 Å². The highest BCUT2D eigenvalue weighted by Crippen LogP contribution is 2.02. The smallest absolute Gasteiger partial charge is 0.219 e. The molecule has 2 heterocycles. The van der Waals surface area contributed by atoms with Crippen LogP contribution in [0.1, 0.15) is 13.8 Å². The quantitative estimate of drug-likeness (QED) is 0.441. The zero-order valence-corrected chi connectivity index (χ0v) is 15.6. The van der Waals surface area contributed by atoms with Crippen LogP contribution in [0.15, 0.2) is 23.7 Å². The number of imidazole rings is 1. The minimum Gasteiger partial charge on any atom is -0.357 e. The topological polar surface area (TPSA) is 65.8 Å². The van der Waals surface area contributed by atoms with Gasteiger partial charge in [0.1, 0.15) is 0 Å². The number of carbonyl (C=O) groups is 1. The van der Waals surface area contributed by atoms with Crippen molar-refractivity contribution in [1.82, 2.24) is 24.7 Å². The number of halogens is 1. The van der Waals surface area contributed by atoms with E-state index in [1.165, 1.54) is 0 Å². The van der Waals surface area contributed by atoms with Gasteiger partial charge in [0, 0.05) is 58.6 Å². The van der Waals surface area contributed by atoms with E-state index in [0.29, 0.717) is 6.54 Å². The fourth-order valence-corrected chi connectivity index (χ4v) is 2.35. The monoisotopic (exact) mass is 420 g/mol. The third kappa shape index (κ3) is 5.47. The Morgan fingerprint density at radius 1 is 1.27 bits per heavy atom. The third-order valence-electron chi connectivity index (χ3n) is 3.54. The fraction of sp³-hybridized carbons (Fsp3) is 0.643. The van der Waals surface area contributed by atoms with E-state index in [1.807, 2.05) is 15.7 Å². The molecule has 0 aromatic carbocycles. The molecule has 0 aliphatic carbocycles. The van der Waals surface area contributed by atoms with E-state index in [-0.39, 0.29) is 29.9 Å². The number of guanidine groups is 1. The Kier molecular flexibility index (Phi) is 8.21. The van der Waals surface area contributed by atoms with Crippen molar-refractivity contribution in [3.63, 3.8) is 0 Å². The van der Waals surface area contributed by atoms with Crippen molar-refractivity contribution in [2.75, 3.05) is 39.3 Å². The zero-order chi connectivity index (χ0) is 15.1. The normalized spacial score (nSPS) is 15.5. The van der Waals surface area contributed by atoms with Crippen LogP contribution in [0.4, 0.5) is 0 Å². The first-order chi connectivity index (χ1) is 10.2. The summed E-state index contributed by atoms with van der Waals surface area (Å²) >= 11 is 0. The minimum absolute atomic E-state index is 0. The van der Waals surface area contributed by atoms with Crippen molar-refractivity contribution in [2.45, 2.75) is 20.4 Å². The molecule has 0 atom stereocenters. The molecule has 8 heteroatoms. The number of nitrogens with one attached hydrogen (secondary N) is 1. The number of hydrogen-bond donors (Lipinski definition) is 1. The second-order valence-electron chi connectivity index (χ2n) is 5.03. The van der Waals surface area contributed by atoms with Crippen LogP contribution in [0.25, 0.3) is 0 Å². The first kappa shape index (κ1) is 18.7. The third-order valence-corrected chi connectivity index (χ3v) is 3.54. The summed E-state index contributed by atoms with van der Waals surface area (Å²) in [4.78, 5) is 24.1. The lowest BCUT2D eigenvalue weighted by atomic mass is 10.3. The van der Waals surface area contributed by atoms with Crippen molar-refractivity contribution in [3.05, 3.63) is 18.7 Å². The average molecular weight is 420 g/mol. The SMILES string of the molecule is CCNC(=NCCn1ccnc1)N1CCN(C(C)=O)CC1.I. The molecule has 124 valence electrons. The van der Waals surface area contributed by atoms with Gasteiger partial charge in [0.2, 0.25) is 5.91 Å². The Morgan fingerprint density at radius 3 is 2.50 bits per heavy atom. The van der Waals surface area contributed by atoms with Gasteiger partial charge < -0.3 is 19.7 Å². The highest BCUT2D eigenvalue weighted by atomic mass is 127. The lowest BCUT2D eigenvalue weighted by molar-refractivity contribution is -0.130. The minimum atomic E-state index is 0. The summed E-state index contributed by atoms with van der Waals surface area (Å²) in [5.74, 6) is 1.08. The first-order valence-electron chi connectivity index (χ1n) is 7.45. The molecule has 1 saturated heterocycles. The van der Waals surface area contributed by atoms with Gasteiger partial charge >= 0.3 is 0 Å². The van der Waals surface area contributed by atoms with E-state index in [1.54, 1.807) is 19.4 Å². The van der Waals surface area contributed by atoms with Crippen molar-refractivity contribution in [1.29, 1.82) is 0 Å². The van der Waals surface area contributed by atoms with Gasteiger partial charge in [-0.05, 0) is 6.92 Å². The molecule has 1 aliphatic heterocycles. The molecule has 22 heavy (non-hydrogen) atoms. The number of aromatic nitrogens is 2. The van der Waals surface area contributed by atoms with Gasteiger partial charge in [0.25, 0.3) is 0 Å². The Balaban J connectivity index is 0.00000242. The van der Waals surface area contributed by atoms with Crippen LogP contribution in [0.2, 0.25) is 0 Å². The van der Waals surface area contributed by atoms with Crippen molar-refractivity contribution in [3.8, 4) is 0 Å². The largest absolute Gasteiger partial charge is 0.357 e. The van der Waals surface area contributed by atoms with Crippen LogP contribution in [-0.2, 0) is 11.3 Å². The van der Waals surface area contributed by atoms with Crippen LogP contribution < -0.4 is 5.32 Å². The van der Waals surface area contributed by atoms with E-state index in [0.717, 1.165) is 45.2 Å². The molecule has 1 N–H and O–H groups in total. The van der Waals surface area contributed by atoms with Crippen molar-refractivity contribution < 1.29 is 4.79 Å². The van der Waals surface area contributed by atoms with Crippen LogP contribution in [-0.4, -0.2) is 70.5 Å². The Hall–Kier alpha value is -1.32. The molecule has 0 radical (unpaired) electrons. The summed E-state index contributed by atoms with van der Waals surface area (Å²) in [6, 6.07) is 0. The van der Waals surface area contributed by atoms with Gasteiger partial charge in [-0.3, -0.25) is 9.79 Å². The second-order valence-corrected chi connectivity index (χ2v) is 5.03. The van der Waals surface area contributed by atoms with Crippen molar-refractivity contribution >= 4 is 35.8 Å². The lowest BCUT2D eigenvalue weighted by Crippen LogP contribution is -2.53. The molecule has 1 aromatic rings. The van der Waals surface area contributed by atoms with E-state index >= 15 is 0 Å². The van der Waals surface area contributed by atoms with Gasteiger partial charge in [-0.1, -0.05) is 0 Å². The molecular formula is C14H25IN6O. The molecule has 1 aromatic heterocycles. The van der Waals surface area contributed by atoms with Gasteiger partial charge in [-0.25, -0.2) is 4.98 Å². The summed E-state index contributed by atoms with van der Waals surface area (Å²) in [5, 5.41) is 3.32. The molecule has 0 spiro atoms. The Labute approximate surface area is 148 Å². The molecule has 1 fully saturated rings. The lowest BCUT2D eigenvalue weighted by Gasteiger charge is -2.36. The summed E-state index contributed by atoms with van der Waals surface area (Å²) in [6.07, 6.45) is 5.51. The maximum Gasteiger partial charge on any atom is 0.219 e. The fourth-order valence-electron chi connectivity index (χ4n) is 2.35. The predicted molar refractivity (Wildman–Crippen MR) is 97.4 cm³/mol. The van der Waals surface area contributed by atoms with Crippen LogP contribution in [0.3, 0.4) is 0 Å².